The fourth-order valence-corrected chi connectivity index (χ4v) is 15.0. The van der Waals surface area contributed by atoms with Crippen LogP contribution >= 0.6 is 22.7 Å². The third kappa shape index (κ3) is 4.36. The number of fused-ring (bicyclic) bond motifs is 1. The van der Waals surface area contributed by atoms with Crippen LogP contribution in [0.5, 0.6) is 0 Å². The topological polar surface area (TPSA) is 61.4 Å². The molecule has 0 unspecified atom stereocenters. The van der Waals surface area contributed by atoms with Crippen LogP contribution < -0.4 is 0 Å². The zero-order chi connectivity index (χ0) is 32.6. The largest absolute Gasteiger partial charge is 0.240 e. The third-order valence-electron chi connectivity index (χ3n) is 14.0. The van der Waals surface area contributed by atoms with E-state index in [2.05, 4.69) is 82.4 Å². The molecule has 50 heavy (non-hydrogen) atoms. The monoisotopic (exact) mass is 694 g/mol. The first-order valence-electron chi connectivity index (χ1n) is 19.1. The molecule has 0 saturated heterocycles. The lowest BCUT2D eigenvalue weighted by Gasteiger charge is -2.56. The van der Waals surface area contributed by atoms with Crippen molar-refractivity contribution in [3.63, 3.8) is 0 Å². The quantitative estimate of drug-likeness (QED) is 0.174. The van der Waals surface area contributed by atoms with Crippen LogP contribution in [-0.2, 0) is 10.8 Å². The Morgan fingerprint density at radius 2 is 0.820 bits per heavy atom. The standard InChI is InChI=1S/C42H42N6S2/c1-3-7-31(8-4-1)47-23-33(35(45-47)41-17-25-11-26(18-41)13-27(12-25)19-41)37-43-39-40(49-37)44-38(50-39)34-24-48(32-9-5-2-6-10-32)46-36(34)42-20-28-14-29(21-42)16-30(15-28)22-42/h1-10,23-30H,11-22H2. The molecule has 0 amide bonds. The first-order chi connectivity index (χ1) is 24.5. The lowest BCUT2D eigenvalue weighted by molar-refractivity contribution is -0.00720. The molecule has 8 aliphatic rings. The molecule has 4 heterocycles. The summed E-state index contributed by atoms with van der Waals surface area (Å²) in [5.74, 6) is 5.17. The summed E-state index contributed by atoms with van der Waals surface area (Å²) in [5, 5.41) is 13.1. The van der Waals surface area contributed by atoms with Gasteiger partial charge in [0.25, 0.3) is 0 Å². The van der Waals surface area contributed by atoms with Crippen LogP contribution in [0.3, 0.4) is 0 Å². The number of aromatic nitrogens is 6. The minimum atomic E-state index is 0.181. The fourth-order valence-electron chi connectivity index (χ4n) is 12.9. The summed E-state index contributed by atoms with van der Waals surface area (Å²) in [6.45, 7) is 0. The maximum Gasteiger partial charge on any atom is 0.155 e. The Bertz CT molecular complexity index is 2000. The summed E-state index contributed by atoms with van der Waals surface area (Å²) in [7, 11) is 0. The van der Waals surface area contributed by atoms with E-state index in [0.29, 0.717) is 0 Å². The van der Waals surface area contributed by atoms with Gasteiger partial charge in [-0.25, -0.2) is 19.3 Å². The molecular formula is C42H42N6S2. The van der Waals surface area contributed by atoms with Gasteiger partial charge in [0.05, 0.1) is 33.9 Å². The number of rotatable bonds is 6. The minimum Gasteiger partial charge on any atom is -0.240 e. The lowest BCUT2D eigenvalue weighted by atomic mass is 9.48. The van der Waals surface area contributed by atoms with Gasteiger partial charge >= 0.3 is 0 Å². The van der Waals surface area contributed by atoms with Gasteiger partial charge in [0.15, 0.2) is 9.66 Å². The molecule has 0 atom stereocenters. The van der Waals surface area contributed by atoms with Crippen molar-refractivity contribution in [2.75, 3.05) is 0 Å². The van der Waals surface area contributed by atoms with E-state index in [1.165, 1.54) is 99.6 Å². The number of para-hydroxylation sites is 2. The van der Waals surface area contributed by atoms with Crippen LogP contribution in [-0.4, -0.2) is 29.5 Å². The Morgan fingerprint density at radius 3 is 1.16 bits per heavy atom. The van der Waals surface area contributed by atoms with Gasteiger partial charge in [-0.05, 0) is 137 Å². The van der Waals surface area contributed by atoms with Gasteiger partial charge in [0.2, 0.25) is 0 Å². The number of hydrogen-bond acceptors (Lipinski definition) is 6. The van der Waals surface area contributed by atoms with Crippen LogP contribution in [0, 0.1) is 35.5 Å². The molecule has 8 fully saturated rings. The normalized spacial score (nSPS) is 33.6. The highest BCUT2D eigenvalue weighted by Gasteiger charge is 2.55. The second-order valence-corrected chi connectivity index (χ2v) is 19.3. The molecule has 8 aliphatic carbocycles. The molecule has 0 N–H and O–H groups in total. The maximum absolute atomic E-state index is 5.45. The summed E-state index contributed by atoms with van der Waals surface area (Å²) in [4.78, 5) is 12.9. The average Bonchev–Trinajstić information content (AvgIpc) is 3.90. The van der Waals surface area contributed by atoms with E-state index in [1.807, 2.05) is 0 Å². The Kier molecular flexibility index (Phi) is 6.08. The summed E-state index contributed by atoms with van der Waals surface area (Å²) in [6, 6.07) is 21.3. The molecule has 2 aromatic carbocycles. The van der Waals surface area contributed by atoms with E-state index < -0.39 is 0 Å². The number of hydrogen-bond donors (Lipinski definition) is 0. The van der Waals surface area contributed by atoms with Crippen LogP contribution in [0.2, 0.25) is 0 Å². The first-order valence-corrected chi connectivity index (χ1v) is 20.8. The number of benzene rings is 2. The highest BCUT2D eigenvalue weighted by molar-refractivity contribution is 7.29. The zero-order valence-corrected chi connectivity index (χ0v) is 30.0. The van der Waals surface area contributed by atoms with Gasteiger partial charge in [-0.1, -0.05) is 59.1 Å². The first kappa shape index (κ1) is 29.0. The molecule has 0 spiro atoms. The van der Waals surface area contributed by atoms with E-state index in [4.69, 9.17) is 20.2 Å². The van der Waals surface area contributed by atoms with Gasteiger partial charge in [-0.2, -0.15) is 10.2 Å². The number of nitrogens with zero attached hydrogens (tertiary/aromatic N) is 6. The highest BCUT2D eigenvalue weighted by atomic mass is 32.1. The second-order valence-electron chi connectivity index (χ2n) is 17.4. The lowest BCUT2D eigenvalue weighted by Crippen LogP contribution is -2.49. The van der Waals surface area contributed by atoms with Crippen molar-refractivity contribution in [1.82, 2.24) is 29.5 Å². The van der Waals surface area contributed by atoms with Gasteiger partial charge in [-0.3, -0.25) is 0 Å². The van der Waals surface area contributed by atoms with E-state index in [9.17, 15) is 0 Å². The van der Waals surface area contributed by atoms with Gasteiger partial charge in [0.1, 0.15) is 10.0 Å². The Labute approximate surface area is 301 Å². The molecule has 8 heteroatoms. The number of thiazole rings is 2. The van der Waals surface area contributed by atoms with Crippen molar-refractivity contribution in [3.8, 4) is 32.5 Å². The van der Waals surface area contributed by atoms with Crippen LogP contribution in [0.4, 0.5) is 0 Å². The van der Waals surface area contributed by atoms with Crippen LogP contribution in [0.25, 0.3) is 42.2 Å². The molecule has 8 bridgehead atoms. The molecule has 4 aromatic heterocycles. The van der Waals surface area contributed by atoms with Crippen molar-refractivity contribution in [2.45, 2.75) is 87.9 Å². The van der Waals surface area contributed by atoms with Gasteiger partial charge < -0.3 is 0 Å². The van der Waals surface area contributed by atoms with E-state index >= 15 is 0 Å². The predicted octanol–water partition coefficient (Wildman–Crippen LogP) is 10.4. The van der Waals surface area contributed by atoms with E-state index in [-0.39, 0.29) is 10.8 Å². The fraction of sp³-hybridized carbons (Fsp3) is 0.476. The Balaban J connectivity index is 0.970. The Hall–Kier alpha value is -3.62. The van der Waals surface area contributed by atoms with Crippen molar-refractivity contribution < 1.29 is 0 Å². The molecule has 0 aliphatic heterocycles. The van der Waals surface area contributed by atoms with Crippen molar-refractivity contribution in [1.29, 1.82) is 0 Å². The average molecular weight is 695 g/mol. The van der Waals surface area contributed by atoms with Crippen molar-refractivity contribution in [2.24, 2.45) is 35.5 Å². The molecule has 8 saturated carbocycles. The summed E-state index contributed by atoms with van der Waals surface area (Å²) >= 11 is 3.54. The van der Waals surface area contributed by atoms with Crippen LogP contribution in [0.1, 0.15) is 88.4 Å². The predicted molar refractivity (Wildman–Crippen MR) is 200 cm³/mol. The van der Waals surface area contributed by atoms with Gasteiger partial charge in [-0.15, -0.1) is 0 Å². The molecule has 14 rings (SSSR count). The molecule has 252 valence electrons. The Morgan fingerprint density at radius 1 is 0.480 bits per heavy atom. The SMILES string of the molecule is c1ccc(-n2cc(-c3nc4sc(-c5cn(-c6ccccc6)nc5C56CC7CC(CC(C7)C5)C6)nc4s3)c(C34CC5CC(CC(C5)C3)C4)n2)cc1. The van der Waals surface area contributed by atoms with E-state index in [1.54, 1.807) is 22.7 Å². The van der Waals surface area contributed by atoms with Gasteiger partial charge in [0, 0.05) is 23.2 Å². The summed E-state index contributed by atoms with van der Waals surface area (Å²) < 4.78 is 4.26. The maximum atomic E-state index is 5.45. The molecular weight excluding hydrogens is 653 g/mol. The van der Waals surface area contributed by atoms with E-state index in [0.717, 1.165) is 66.6 Å². The second kappa shape index (κ2) is 10.5. The molecule has 0 radical (unpaired) electrons. The van der Waals surface area contributed by atoms with Crippen molar-refractivity contribution in [3.05, 3.63) is 84.4 Å². The molecule has 6 aromatic rings. The summed E-state index contributed by atoms with van der Waals surface area (Å²) in [5.41, 5.74) is 7.68. The van der Waals surface area contributed by atoms with Crippen molar-refractivity contribution >= 4 is 32.3 Å². The minimum absolute atomic E-state index is 0.181. The van der Waals surface area contributed by atoms with Crippen LogP contribution in [0.15, 0.2) is 73.1 Å². The molecule has 6 nitrogen and oxygen atoms in total. The smallest absolute Gasteiger partial charge is 0.155 e. The zero-order valence-electron chi connectivity index (χ0n) is 28.4. The summed E-state index contributed by atoms with van der Waals surface area (Å²) in [6.07, 6.45) is 20.9. The highest BCUT2D eigenvalue weighted by Crippen LogP contribution is 2.63. The third-order valence-corrected chi connectivity index (χ3v) is 16.1.